The van der Waals surface area contributed by atoms with Crippen LogP contribution in [0.2, 0.25) is 0 Å². The molecule has 1 aromatic carbocycles. The van der Waals surface area contributed by atoms with Crippen LogP contribution in [-0.4, -0.2) is 16.7 Å². The molecular weight excluding hydrogens is 248 g/mol. The summed E-state index contributed by atoms with van der Waals surface area (Å²) in [5.41, 5.74) is 1.96. The second-order valence-corrected chi connectivity index (χ2v) is 6.10. The Balaban J connectivity index is 2.76. The first-order valence-corrected chi connectivity index (χ1v) is 6.49. The fraction of sp³-hybridized carbons (Fsp3) is 0.500. The summed E-state index contributed by atoms with van der Waals surface area (Å²) >= 11 is 6.24. The molecule has 0 saturated carbocycles. The van der Waals surface area contributed by atoms with Crippen molar-refractivity contribution in [3.05, 3.63) is 24.0 Å². The van der Waals surface area contributed by atoms with Gasteiger partial charge in [-0.3, -0.25) is 0 Å². The summed E-state index contributed by atoms with van der Waals surface area (Å²) < 4.78 is 7.43. The molecular formula is C14H19ClN2O. The smallest absolute Gasteiger partial charge is 0.128 e. The number of hydrogen-bond donors (Lipinski definition) is 0. The molecule has 98 valence electrons. The van der Waals surface area contributed by atoms with Gasteiger partial charge in [0.05, 0.1) is 23.5 Å². The van der Waals surface area contributed by atoms with E-state index < -0.39 is 0 Å². The van der Waals surface area contributed by atoms with E-state index in [1.54, 1.807) is 7.11 Å². The first-order valence-electron chi connectivity index (χ1n) is 6.05. The summed E-state index contributed by atoms with van der Waals surface area (Å²) in [6.45, 7) is 8.41. The number of nitrogens with zero attached hydrogens (tertiary/aromatic N) is 2. The lowest BCUT2D eigenvalue weighted by molar-refractivity contribution is 0.393. The molecule has 18 heavy (non-hydrogen) atoms. The van der Waals surface area contributed by atoms with Gasteiger partial charge in [0.2, 0.25) is 0 Å². The third kappa shape index (κ3) is 2.19. The minimum atomic E-state index is -0.123. The fourth-order valence-electron chi connectivity index (χ4n) is 2.18. The van der Waals surface area contributed by atoms with Crippen LogP contribution in [0.5, 0.6) is 5.75 Å². The average molecular weight is 267 g/mol. The maximum Gasteiger partial charge on any atom is 0.128 e. The van der Waals surface area contributed by atoms with Crippen LogP contribution >= 0.6 is 11.6 Å². The maximum absolute atomic E-state index is 6.24. The number of methoxy groups -OCH3 is 1. The molecule has 0 aliphatic rings. The van der Waals surface area contributed by atoms with Gasteiger partial charge in [0, 0.05) is 11.6 Å². The second kappa shape index (κ2) is 4.47. The van der Waals surface area contributed by atoms with Gasteiger partial charge in [0.25, 0.3) is 0 Å². The first kappa shape index (κ1) is 13.2. The summed E-state index contributed by atoms with van der Waals surface area (Å²) in [4.78, 5) is 4.64. The van der Waals surface area contributed by atoms with E-state index in [-0.39, 0.29) is 10.9 Å². The van der Waals surface area contributed by atoms with Gasteiger partial charge in [-0.15, -0.1) is 11.6 Å². The van der Waals surface area contributed by atoms with Crippen molar-refractivity contribution in [2.45, 2.75) is 38.6 Å². The number of rotatable bonds is 2. The number of alkyl halides is 1. The third-order valence-electron chi connectivity index (χ3n) is 2.91. The summed E-state index contributed by atoms with van der Waals surface area (Å²) in [5.74, 6) is 1.71. The Labute approximate surface area is 113 Å². The van der Waals surface area contributed by atoms with Crippen molar-refractivity contribution < 1.29 is 4.74 Å². The Morgan fingerprint density at radius 3 is 2.50 bits per heavy atom. The standard InChI is InChI=1S/C14H19ClN2O/c1-9(15)13-16-11-8-10(18-5)6-7-12(11)17(13)14(2,3)4/h6-9H,1-5H3. The van der Waals surface area contributed by atoms with E-state index in [0.717, 1.165) is 22.6 Å². The highest BCUT2D eigenvalue weighted by Gasteiger charge is 2.23. The van der Waals surface area contributed by atoms with Crippen molar-refractivity contribution in [1.29, 1.82) is 0 Å². The van der Waals surface area contributed by atoms with Crippen molar-refractivity contribution >= 4 is 22.6 Å². The largest absolute Gasteiger partial charge is 0.497 e. The van der Waals surface area contributed by atoms with Gasteiger partial charge in [-0.1, -0.05) is 0 Å². The van der Waals surface area contributed by atoms with Crippen LogP contribution in [0.25, 0.3) is 11.0 Å². The van der Waals surface area contributed by atoms with Crippen LogP contribution in [0.4, 0.5) is 0 Å². The molecule has 0 N–H and O–H groups in total. The van der Waals surface area contributed by atoms with Crippen LogP contribution < -0.4 is 4.74 Å². The van der Waals surface area contributed by atoms with Crippen LogP contribution in [0.3, 0.4) is 0 Å². The van der Waals surface area contributed by atoms with Gasteiger partial charge < -0.3 is 9.30 Å². The Hall–Kier alpha value is -1.22. The molecule has 1 heterocycles. The highest BCUT2D eigenvalue weighted by molar-refractivity contribution is 6.20. The molecule has 1 atom stereocenters. The Morgan fingerprint density at radius 2 is 2.00 bits per heavy atom. The minimum Gasteiger partial charge on any atom is -0.497 e. The highest BCUT2D eigenvalue weighted by atomic mass is 35.5. The molecule has 0 aliphatic heterocycles. The number of aromatic nitrogens is 2. The molecule has 3 nitrogen and oxygen atoms in total. The number of fused-ring (bicyclic) bond motifs is 1. The molecule has 0 aliphatic carbocycles. The summed E-state index contributed by atoms with van der Waals surface area (Å²) in [6.07, 6.45) is 0. The molecule has 1 unspecified atom stereocenters. The van der Waals surface area contributed by atoms with Gasteiger partial charge in [-0.25, -0.2) is 4.98 Å². The summed E-state index contributed by atoms with van der Waals surface area (Å²) in [6, 6.07) is 5.93. The van der Waals surface area contributed by atoms with Gasteiger partial charge in [-0.05, 0) is 39.8 Å². The topological polar surface area (TPSA) is 27.1 Å². The average Bonchev–Trinajstić information content (AvgIpc) is 2.66. The molecule has 2 aromatic rings. The predicted octanol–water partition coefficient (Wildman–Crippen LogP) is 4.10. The zero-order valence-electron chi connectivity index (χ0n) is 11.5. The normalized spacial score (nSPS) is 13.9. The lowest BCUT2D eigenvalue weighted by Crippen LogP contribution is -2.24. The highest BCUT2D eigenvalue weighted by Crippen LogP contribution is 2.32. The van der Waals surface area contributed by atoms with Crippen molar-refractivity contribution in [2.75, 3.05) is 7.11 Å². The Morgan fingerprint density at radius 1 is 1.33 bits per heavy atom. The maximum atomic E-state index is 6.24. The molecule has 0 saturated heterocycles. The SMILES string of the molecule is COc1ccc2c(c1)nc(C(C)Cl)n2C(C)(C)C. The molecule has 0 amide bonds. The molecule has 0 fully saturated rings. The number of ether oxygens (including phenoxy) is 1. The second-order valence-electron chi connectivity index (χ2n) is 5.45. The van der Waals surface area contributed by atoms with E-state index in [1.807, 2.05) is 25.1 Å². The van der Waals surface area contributed by atoms with Gasteiger partial charge >= 0.3 is 0 Å². The van der Waals surface area contributed by atoms with Crippen LogP contribution in [0, 0.1) is 0 Å². The lowest BCUT2D eigenvalue weighted by atomic mass is 10.1. The predicted molar refractivity (Wildman–Crippen MR) is 75.5 cm³/mol. The van der Waals surface area contributed by atoms with E-state index in [2.05, 4.69) is 30.3 Å². The zero-order valence-corrected chi connectivity index (χ0v) is 12.2. The number of benzene rings is 1. The zero-order chi connectivity index (χ0) is 13.5. The first-order chi connectivity index (χ1) is 8.34. The third-order valence-corrected chi connectivity index (χ3v) is 3.11. The van der Waals surface area contributed by atoms with Gasteiger partial charge in [0.1, 0.15) is 11.6 Å². The van der Waals surface area contributed by atoms with Gasteiger partial charge in [0.15, 0.2) is 0 Å². The van der Waals surface area contributed by atoms with E-state index in [0.29, 0.717) is 0 Å². The molecule has 1 aromatic heterocycles. The van der Waals surface area contributed by atoms with Crippen LogP contribution in [0.15, 0.2) is 18.2 Å². The van der Waals surface area contributed by atoms with Crippen molar-refractivity contribution in [1.82, 2.24) is 9.55 Å². The van der Waals surface area contributed by atoms with Gasteiger partial charge in [-0.2, -0.15) is 0 Å². The van der Waals surface area contributed by atoms with Crippen LogP contribution in [-0.2, 0) is 5.54 Å². The number of hydrogen-bond acceptors (Lipinski definition) is 2. The van der Waals surface area contributed by atoms with Crippen molar-refractivity contribution in [3.63, 3.8) is 0 Å². The van der Waals surface area contributed by atoms with E-state index in [9.17, 15) is 0 Å². The molecule has 4 heteroatoms. The van der Waals surface area contributed by atoms with E-state index in [4.69, 9.17) is 16.3 Å². The number of halogens is 1. The fourth-order valence-corrected chi connectivity index (χ4v) is 2.32. The molecule has 0 radical (unpaired) electrons. The molecule has 0 bridgehead atoms. The minimum absolute atomic E-state index is 0.0537. The van der Waals surface area contributed by atoms with E-state index >= 15 is 0 Å². The van der Waals surface area contributed by atoms with E-state index in [1.165, 1.54) is 0 Å². The van der Waals surface area contributed by atoms with Crippen molar-refractivity contribution in [3.8, 4) is 5.75 Å². The van der Waals surface area contributed by atoms with Crippen LogP contribution in [0.1, 0.15) is 38.9 Å². The monoisotopic (exact) mass is 266 g/mol. The van der Waals surface area contributed by atoms with Crippen molar-refractivity contribution in [2.24, 2.45) is 0 Å². The number of imidazole rings is 1. The Bertz CT molecular complexity index is 567. The lowest BCUT2D eigenvalue weighted by Gasteiger charge is -2.25. The Kier molecular flexibility index (Phi) is 3.28. The molecule has 2 rings (SSSR count). The quantitative estimate of drug-likeness (QED) is 0.765. The molecule has 0 spiro atoms. The summed E-state index contributed by atoms with van der Waals surface area (Å²) in [5, 5.41) is -0.123. The summed E-state index contributed by atoms with van der Waals surface area (Å²) in [7, 11) is 1.66.